The number of ether oxygens (including phenoxy) is 1. The minimum atomic E-state index is -0.330. The van der Waals surface area contributed by atoms with Crippen LogP contribution in [-0.2, 0) is 4.79 Å². The molecule has 0 heterocycles. The molecule has 0 spiro atoms. The highest BCUT2D eigenvalue weighted by Crippen LogP contribution is 2.20. The van der Waals surface area contributed by atoms with Gasteiger partial charge in [-0.15, -0.1) is 0 Å². The Morgan fingerprint density at radius 3 is 2.44 bits per heavy atom. The van der Waals surface area contributed by atoms with Gasteiger partial charge in [-0.25, -0.2) is 0 Å². The zero-order valence-corrected chi connectivity index (χ0v) is 15.2. The van der Waals surface area contributed by atoms with Gasteiger partial charge in [-0.2, -0.15) is 0 Å². The summed E-state index contributed by atoms with van der Waals surface area (Å²) < 4.78 is 5.44. The molecule has 2 amide bonds. The highest BCUT2D eigenvalue weighted by atomic mass is 16.5. The van der Waals surface area contributed by atoms with E-state index in [1.807, 2.05) is 6.92 Å². The lowest BCUT2D eigenvalue weighted by Crippen LogP contribution is -2.25. The third kappa shape index (κ3) is 5.41. The molecule has 0 aromatic heterocycles. The smallest absolute Gasteiger partial charge is 0.262 e. The number of nitrogens with one attached hydrogen (secondary N) is 2. The molecule has 0 radical (unpaired) electrons. The van der Waals surface area contributed by atoms with Gasteiger partial charge in [0, 0.05) is 29.3 Å². The maximum absolute atomic E-state index is 12.1. The van der Waals surface area contributed by atoms with E-state index in [1.54, 1.807) is 48.5 Å². The number of carbonyl (C=O) groups excluding carboxylic acids is 3. The van der Waals surface area contributed by atoms with Crippen LogP contribution in [0.15, 0.2) is 48.5 Å². The topological polar surface area (TPSA) is 84.5 Å². The van der Waals surface area contributed by atoms with Crippen LogP contribution in [0.3, 0.4) is 0 Å². The van der Waals surface area contributed by atoms with Gasteiger partial charge in [-0.3, -0.25) is 14.4 Å². The second-order valence-electron chi connectivity index (χ2n) is 6.47. The largest absolute Gasteiger partial charge is 0.484 e. The van der Waals surface area contributed by atoms with Crippen molar-refractivity contribution in [2.75, 3.05) is 11.9 Å². The van der Waals surface area contributed by atoms with E-state index in [0.717, 1.165) is 12.8 Å². The molecule has 1 aliphatic rings. The fourth-order valence-electron chi connectivity index (χ4n) is 2.52. The van der Waals surface area contributed by atoms with Crippen LogP contribution in [0.4, 0.5) is 5.69 Å². The predicted octanol–water partition coefficient (Wildman–Crippen LogP) is 3.19. The van der Waals surface area contributed by atoms with Crippen LogP contribution < -0.4 is 15.4 Å². The third-order valence-corrected chi connectivity index (χ3v) is 4.19. The molecule has 0 unspecified atom stereocenters. The predicted molar refractivity (Wildman–Crippen MR) is 102 cm³/mol. The van der Waals surface area contributed by atoms with Crippen LogP contribution in [0, 0.1) is 0 Å². The molecule has 1 fully saturated rings. The lowest BCUT2D eigenvalue weighted by molar-refractivity contribution is -0.118. The van der Waals surface area contributed by atoms with Gasteiger partial charge in [-0.05, 0) is 55.3 Å². The van der Waals surface area contributed by atoms with Gasteiger partial charge in [0.05, 0.1) is 0 Å². The first-order chi connectivity index (χ1) is 13.0. The summed E-state index contributed by atoms with van der Waals surface area (Å²) in [5.41, 5.74) is 1.67. The van der Waals surface area contributed by atoms with Gasteiger partial charge < -0.3 is 15.4 Å². The SMILES string of the molecule is CCC(=O)c1ccc(OCC(=O)Nc2cccc(C(=O)NC3CC3)c2)cc1. The van der Waals surface area contributed by atoms with E-state index in [2.05, 4.69) is 10.6 Å². The minimum Gasteiger partial charge on any atom is -0.484 e. The van der Waals surface area contributed by atoms with Gasteiger partial charge in [0.15, 0.2) is 12.4 Å². The molecule has 140 valence electrons. The van der Waals surface area contributed by atoms with Crippen LogP contribution in [-0.4, -0.2) is 30.2 Å². The van der Waals surface area contributed by atoms with E-state index in [-0.39, 0.29) is 30.2 Å². The number of Topliss-reactive ketones (excluding diaryl/α,β-unsaturated/α-hetero) is 1. The van der Waals surface area contributed by atoms with Crippen molar-refractivity contribution in [1.29, 1.82) is 0 Å². The van der Waals surface area contributed by atoms with E-state index in [4.69, 9.17) is 4.74 Å². The third-order valence-electron chi connectivity index (χ3n) is 4.19. The quantitative estimate of drug-likeness (QED) is 0.703. The Hall–Kier alpha value is -3.15. The highest BCUT2D eigenvalue weighted by Gasteiger charge is 2.23. The van der Waals surface area contributed by atoms with Gasteiger partial charge >= 0.3 is 0 Å². The lowest BCUT2D eigenvalue weighted by atomic mass is 10.1. The second-order valence-corrected chi connectivity index (χ2v) is 6.47. The fourth-order valence-corrected chi connectivity index (χ4v) is 2.52. The Morgan fingerprint density at radius 1 is 1.04 bits per heavy atom. The van der Waals surface area contributed by atoms with Crippen molar-refractivity contribution >= 4 is 23.3 Å². The number of benzene rings is 2. The van der Waals surface area contributed by atoms with Gasteiger partial charge in [0.25, 0.3) is 11.8 Å². The van der Waals surface area contributed by atoms with Crippen LogP contribution in [0.5, 0.6) is 5.75 Å². The summed E-state index contributed by atoms with van der Waals surface area (Å²) in [7, 11) is 0. The molecule has 2 aromatic rings. The van der Waals surface area contributed by atoms with E-state index in [9.17, 15) is 14.4 Å². The zero-order valence-electron chi connectivity index (χ0n) is 15.2. The molecule has 2 N–H and O–H groups in total. The second kappa shape index (κ2) is 8.49. The van der Waals surface area contributed by atoms with Crippen molar-refractivity contribution in [2.24, 2.45) is 0 Å². The summed E-state index contributed by atoms with van der Waals surface area (Å²) in [6, 6.07) is 13.8. The lowest BCUT2D eigenvalue weighted by Gasteiger charge is -2.09. The number of rotatable bonds is 8. The maximum Gasteiger partial charge on any atom is 0.262 e. The van der Waals surface area contributed by atoms with Crippen LogP contribution in [0.2, 0.25) is 0 Å². The summed E-state index contributed by atoms with van der Waals surface area (Å²) >= 11 is 0. The van der Waals surface area contributed by atoms with Crippen molar-refractivity contribution in [1.82, 2.24) is 5.32 Å². The average Bonchev–Trinajstić information content (AvgIpc) is 3.50. The number of amides is 2. The Bertz CT molecular complexity index is 842. The number of ketones is 1. The standard InChI is InChI=1S/C21H22N2O4/c1-2-19(24)14-6-10-18(11-7-14)27-13-20(25)22-17-5-3-4-15(12-17)21(26)23-16-8-9-16/h3-7,10-12,16H,2,8-9,13H2,1H3,(H,22,25)(H,23,26). The van der Waals surface area contributed by atoms with E-state index >= 15 is 0 Å². The number of hydrogen-bond donors (Lipinski definition) is 2. The molecular weight excluding hydrogens is 344 g/mol. The molecule has 1 saturated carbocycles. The average molecular weight is 366 g/mol. The number of carbonyl (C=O) groups is 3. The van der Waals surface area contributed by atoms with Crippen LogP contribution in [0.1, 0.15) is 46.9 Å². The Labute approximate surface area is 157 Å². The van der Waals surface area contributed by atoms with Crippen molar-refractivity contribution in [2.45, 2.75) is 32.2 Å². The van der Waals surface area contributed by atoms with Gasteiger partial charge in [0.2, 0.25) is 0 Å². The molecule has 0 saturated heterocycles. The molecule has 27 heavy (non-hydrogen) atoms. The first-order valence-corrected chi connectivity index (χ1v) is 9.02. The maximum atomic E-state index is 12.1. The Kier molecular flexibility index (Phi) is 5.86. The fraction of sp³-hybridized carbons (Fsp3) is 0.286. The Balaban J connectivity index is 1.51. The van der Waals surface area contributed by atoms with Crippen molar-refractivity contribution < 1.29 is 19.1 Å². The molecule has 2 aromatic carbocycles. The number of anilines is 1. The molecule has 3 rings (SSSR count). The summed E-state index contributed by atoms with van der Waals surface area (Å²) in [6.45, 7) is 1.64. The van der Waals surface area contributed by atoms with Gasteiger partial charge in [0.1, 0.15) is 5.75 Å². The number of hydrogen-bond acceptors (Lipinski definition) is 4. The summed E-state index contributed by atoms with van der Waals surface area (Å²) in [5, 5.41) is 5.63. The van der Waals surface area contributed by atoms with E-state index < -0.39 is 0 Å². The minimum absolute atomic E-state index is 0.0601. The van der Waals surface area contributed by atoms with E-state index in [0.29, 0.717) is 29.0 Å². The summed E-state index contributed by atoms with van der Waals surface area (Å²) in [5.74, 6) is 0.107. The summed E-state index contributed by atoms with van der Waals surface area (Å²) in [4.78, 5) is 35.8. The zero-order chi connectivity index (χ0) is 19.2. The Morgan fingerprint density at radius 2 is 1.78 bits per heavy atom. The van der Waals surface area contributed by atoms with Gasteiger partial charge in [-0.1, -0.05) is 13.0 Å². The monoisotopic (exact) mass is 366 g/mol. The first-order valence-electron chi connectivity index (χ1n) is 9.02. The van der Waals surface area contributed by atoms with Crippen molar-refractivity contribution in [3.8, 4) is 5.75 Å². The molecular formula is C21H22N2O4. The molecule has 0 bridgehead atoms. The first kappa shape index (κ1) is 18.6. The van der Waals surface area contributed by atoms with Crippen molar-refractivity contribution in [3.63, 3.8) is 0 Å². The molecule has 0 atom stereocenters. The molecule has 6 nitrogen and oxygen atoms in total. The van der Waals surface area contributed by atoms with E-state index in [1.165, 1.54) is 0 Å². The summed E-state index contributed by atoms with van der Waals surface area (Å²) in [6.07, 6.45) is 2.49. The molecule has 6 heteroatoms. The van der Waals surface area contributed by atoms with Crippen LogP contribution in [0.25, 0.3) is 0 Å². The molecule has 0 aliphatic heterocycles. The highest BCUT2D eigenvalue weighted by molar-refractivity contribution is 5.98. The normalized spacial score (nSPS) is 12.9. The molecule has 1 aliphatic carbocycles. The van der Waals surface area contributed by atoms with Crippen LogP contribution >= 0.6 is 0 Å². The van der Waals surface area contributed by atoms with Crippen molar-refractivity contribution in [3.05, 3.63) is 59.7 Å².